The van der Waals surface area contributed by atoms with E-state index in [1.54, 1.807) is 19.1 Å². The highest BCUT2D eigenvalue weighted by atomic mass is 19.1. The molecule has 1 unspecified atom stereocenters. The molecule has 0 saturated heterocycles. The van der Waals surface area contributed by atoms with E-state index in [0.29, 0.717) is 19.6 Å². The molecule has 0 aliphatic carbocycles. The molecule has 0 radical (unpaired) electrons. The second-order valence-electron chi connectivity index (χ2n) is 7.16. The highest BCUT2D eigenvalue weighted by Crippen LogP contribution is 2.35. The van der Waals surface area contributed by atoms with Crippen LogP contribution in [-0.2, 0) is 12.1 Å². The minimum absolute atomic E-state index is 0.186. The van der Waals surface area contributed by atoms with E-state index in [-0.39, 0.29) is 17.7 Å². The van der Waals surface area contributed by atoms with Gasteiger partial charge in [0.15, 0.2) is 0 Å². The van der Waals surface area contributed by atoms with Crippen molar-refractivity contribution >= 4 is 11.6 Å². The van der Waals surface area contributed by atoms with Crippen molar-refractivity contribution in [1.82, 2.24) is 10.2 Å². The molecule has 0 bridgehead atoms. The summed E-state index contributed by atoms with van der Waals surface area (Å²) in [6.07, 6.45) is 2.47. The number of rotatable bonds is 6. The zero-order valence-corrected chi connectivity index (χ0v) is 16.3. The number of benzene rings is 2. The van der Waals surface area contributed by atoms with Crippen LogP contribution in [0.25, 0.3) is 5.57 Å². The second-order valence-corrected chi connectivity index (χ2v) is 7.16. The maximum absolute atomic E-state index is 13.2. The largest absolute Gasteiger partial charge is 0.489 e. The Balaban J connectivity index is 1.49. The van der Waals surface area contributed by atoms with Crippen LogP contribution in [0.5, 0.6) is 5.75 Å². The summed E-state index contributed by atoms with van der Waals surface area (Å²) in [7, 11) is 0. The van der Waals surface area contributed by atoms with Crippen LogP contribution in [0.15, 0.2) is 53.0 Å². The molecule has 29 heavy (non-hydrogen) atoms. The van der Waals surface area contributed by atoms with Crippen LogP contribution in [0, 0.1) is 5.82 Å². The van der Waals surface area contributed by atoms with Gasteiger partial charge in [-0.2, -0.15) is 0 Å². The third-order valence-corrected chi connectivity index (χ3v) is 5.04. The van der Waals surface area contributed by atoms with E-state index < -0.39 is 5.60 Å². The molecule has 0 amide bonds. The number of nitrogens with zero attached hydrogens (tertiary/aromatic N) is 2. The summed E-state index contributed by atoms with van der Waals surface area (Å²) in [5, 5.41) is 21.1. The van der Waals surface area contributed by atoms with E-state index in [2.05, 4.69) is 15.5 Å². The van der Waals surface area contributed by atoms with E-state index in [1.165, 1.54) is 12.1 Å². The molecule has 4 rings (SSSR count). The maximum Gasteiger partial charge on any atom is 0.315 e. The third-order valence-electron chi connectivity index (χ3n) is 5.04. The fourth-order valence-electron chi connectivity index (χ4n) is 3.09. The Bertz CT molecular complexity index is 1040. The molecule has 0 saturated carbocycles. The van der Waals surface area contributed by atoms with Gasteiger partial charge in [-0.25, -0.2) is 4.39 Å². The Morgan fingerprint density at radius 3 is 2.72 bits per heavy atom. The normalized spacial score (nSPS) is 15.1. The smallest absolute Gasteiger partial charge is 0.315 e. The molecule has 1 aromatic heterocycles. The summed E-state index contributed by atoms with van der Waals surface area (Å²) in [5.74, 6) is 0.698. The van der Waals surface area contributed by atoms with Crippen molar-refractivity contribution in [3.63, 3.8) is 0 Å². The molecule has 0 spiro atoms. The average molecular weight is 395 g/mol. The summed E-state index contributed by atoms with van der Waals surface area (Å²) in [4.78, 5) is 0. The quantitative estimate of drug-likeness (QED) is 0.649. The number of hydrogen-bond donors (Lipinski definition) is 2. The molecule has 1 atom stereocenters. The molecule has 1 aliphatic rings. The Kier molecular flexibility index (Phi) is 5.07. The minimum Gasteiger partial charge on any atom is -0.489 e. The number of fused-ring (bicyclic) bond motifs is 1. The second kappa shape index (κ2) is 7.67. The van der Waals surface area contributed by atoms with Gasteiger partial charge in [0.1, 0.15) is 23.8 Å². The van der Waals surface area contributed by atoms with Gasteiger partial charge in [0.2, 0.25) is 5.89 Å². The lowest BCUT2D eigenvalue weighted by Crippen LogP contribution is -2.19. The van der Waals surface area contributed by atoms with E-state index in [0.717, 1.165) is 28.0 Å². The Morgan fingerprint density at radius 2 is 1.97 bits per heavy atom. The van der Waals surface area contributed by atoms with E-state index in [9.17, 15) is 9.50 Å². The molecule has 150 valence electrons. The SMILES string of the molecule is CCC(C)(O)c1nnc(NCc2ccc3c(c2)OCC=C3c2ccc(F)cc2)o1. The number of anilines is 1. The van der Waals surface area contributed by atoms with E-state index in [4.69, 9.17) is 9.15 Å². The summed E-state index contributed by atoms with van der Waals surface area (Å²) < 4.78 is 24.5. The maximum atomic E-state index is 13.2. The summed E-state index contributed by atoms with van der Waals surface area (Å²) >= 11 is 0. The predicted molar refractivity (Wildman–Crippen MR) is 107 cm³/mol. The van der Waals surface area contributed by atoms with Crippen LogP contribution in [-0.4, -0.2) is 21.9 Å². The van der Waals surface area contributed by atoms with Gasteiger partial charge in [-0.1, -0.05) is 36.3 Å². The van der Waals surface area contributed by atoms with Gasteiger partial charge in [0, 0.05) is 12.1 Å². The predicted octanol–water partition coefficient (Wildman–Crippen LogP) is 4.26. The number of hydrogen-bond acceptors (Lipinski definition) is 6. The molecule has 1 aliphatic heterocycles. The molecule has 2 heterocycles. The van der Waals surface area contributed by atoms with Gasteiger partial charge in [-0.3, -0.25) is 0 Å². The average Bonchev–Trinajstić information content (AvgIpc) is 3.22. The first-order valence-electron chi connectivity index (χ1n) is 9.48. The first-order valence-corrected chi connectivity index (χ1v) is 9.48. The number of ether oxygens (including phenoxy) is 1. The lowest BCUT2D eigenvalue weighted by molar-refractivity contribution is 0.0252. The van der Waals surface area contributed by atoms with Crippen molar-refractivity contribution in [3.05, 3.63) is 76.9 Å². The lowest BCUT2D eigenvalue weighted by atomic mass is 9.94. The van der Waals surface area contributed by atoms with Crippen LogP contribution in [0.3, 0.4) is 0 Å². The molecule has 2 aromatic carbocycles. The first-order chi connectivity index (χ1) is 14.0. The minimum atomic E-state index is -1.14. The van der Waals surface area contributed by atoms with Crippen LogP contribution in [0.4, 0.5) is 10.4 Å². The number of aromatic nitrogens is 2. The van der Waals surface area contributed by atoms with Crippen LogP contribution in [0.2, 0.25) is 0 Å². The molecular weight excluding hydrogens is 373 g/mol. The third kappa shape index (κ3) is 4.00. The molecule has 7 heteroatoms. The Morgan fingerprint density at radius 1 is 1.17 bits per heavy atom. The van der Waals surface area contributed by atoms with E-state index >= 15 is 0 Å². The lowest BCUT2D eigenvalue weighted by Gasteiger charge is -2.20. The van der Waals surface area contributed by atoms with Gasteiger partial charge in [-0.05, 0) is 54.3 Å². The fraction of sp³-hybridized carbons (Fsp3) is 0.273. The molecule has 0 fully saturated rings. The van der Waals surface area contributed by atoms with Crippen molar-refractivity contribution in [2.24, 2.45) is 0 Å². The zero-order chi connectivity index (χ0) is 20.4. The van der Waals surface area contributed by atoms with Gasteiger partial charge >= 0.3 is 6.01 Å². The van der Waals surface area contributed by atoms with Crippen molar-refractivity contribution in [2.45, 2.75) is 32.4 Å². The number of halogens is 1. The number of nitrogens with one attached hydrogen (secondary N) is 1. The van der Waals surface area contributed by atoms with Crippen molar-refractivity contribution in [3.8, 4) is 5.75 Å². The Labute approximate surface area is 168 Å². The van der Waals surface area contributed by atoms with Crippen LogP contribution >= 0.6 is 0 Å². The van der Waals surface area contributed by atoms with Gasteiger partial charge in [0.25, 0.3) is 0 Å². The number of aliphatic hydroxyl groups is 1. The molecular formula is C22H22FN3O3. The van der Waals surface area contributed by atoms with Crippen molar-refractivity contribution in [1.29, 1.82) is 0 Å². The summed E-state index contributed by atoms with van der Waals surface area (Å²) in [6, 6.07) is 12.6. The topological polar surface area (TPSA) is 80.4 Å². The van der Waals surface area contributed by atoms with Crippen LogP contribution in [0.1, 0.15) is 42.8 Å². The monoisotopic (exact) mass is 395 g/mol. The highest BCUT2D eigenvalue weighted by molar-refractivity contribution is 5.84. The molecule has 3 aromatic rings. The van der Waals surface area contributed by atoms with Crippen molar-refractivity contribution < 1.29 is 18.7 Å². The molecule has 6 nitrogen and oxygen atoms in total. The summed E-state index contributed by atoms with van der Waals surface area (Å²) in [5.41, 5.74) is 2.77. The highest BCUT2D eigenvalue weighted by Gasteiger charge is 2.27. The summed E-state index contributed by atoms with van der Waals surface area (Å²) in [6.45, 7) is 4.40. The molecule has 2 N–H and O–H groups in total. The van der Waals surface area contributed by atoms with Gasteiger partial charge in [0.05, 0.1) is 0 Å². The fourth-order valence-corrected chi connectivity index (χ4v) is 3.09. The van der Waals surface area contributed by atoms with Gasteiger partial charge < -0.3 is 19.6 Å². The zero-order valence-electron chi connectivity index (χ0n) is 16.3. The standard InChI is InChI=1S/C22H22FN3O3/c1-3-22(2,27)20-25-26-21(29-20)24-13-14-4-9-18-17(10-11-28-19(18)12-14)15-5-7-16(23)8-6-15/h4-10,12,27H,3,11,13H2,1-2H3,(H,24,26). The van der Waals surface area contributed by atoms with Gasteiger partial charge in [-0.15, -0.1) is 5.10 Å². The first kappa shape index (κ1) is 19.1. The Hall–Kier alpha value is -3.19. The van der Waals surface area contributed by atoms with Crippen LogP contribution < -0.4 is 10.1 Å². The van der Waals surface area contributed by atoms with E-state index in [1.807, 2.05) is 31.2 Å². The van der Waals surface area contributed by atoms with Crippen molar-refractivity contribution in [2.75, 3.05) is 11.9 Å².